The van der Waals surface area contributed by atoms with E-state index in [4.69, 9.17) is 4.74 Å². The third-order valence-electron chi connectivity index (χ3n) is 3.90. The zero-order valence-electron chi connectivity index (χ0n) is 13.6. The van der Waals surface area contributed by atoms with Gasteiger partial charge in [-0.1, -0.05) is 6.42 Å². The van der Waals surface area contributed by atoms with Crippen LogP contribution in [0.15, 0.2) is 24.5 Å². The number of halogens is 1. The molecule has 6 heteroatoms. The average molecular weight is 432 g/mol. The third-order valence-corrected chi connectivity index (χ3v) is 3.90. The molecule has 128 valence electrons. The minimum Gasteiger partial charge on any atom is -1.00 e. The molecule has 1 heterocycles. The van der Waals surface area contributed by atoms with Crippen molar-refractivity contribution in [2.45, 2.75) is 51.0 Å². The fourth-order valence-electron chi connectivity index (χ4n) is 2.69. The molecule has 0 aromatic carbocycles. The second-order valence-corrected chi connectivity index (χ2v) is 5.87. The Morgan fingerprint density at radius 2 is 2.04 bits per heavy atom. The second kappa shape index (κ2) is 10.6. The van der Waals surface area contributed by atoms with Gasteiger partial charge in [-0.3, -0.25) is 9.59 Å². The van der Waals surface area contributed by atoms with Crippen LogP contribution < -0.4 is 33.9 Å². The molecule has 0 saturated heterocycles. The van der Waals surface area contributed by atoms with Crippen molar-refractivity contribution in [3.05, 3.63) is 30.1 Å². The highest BCUT2D eigenvalue weighted by Crippen LogP contribution is 2.20. The fraction of sp³-hybridized carbons (Fsp3) is 0.588. The summed E-state index contributed by atoms with van der Waals surface area (Å²) in [5, 5.41) is 2.83. The van der Waals surface area contributed by atoms with Gasteiger partial charge in [0.25, 0.3) is 5.91 Å². The lowest BCUT2D eigenvalue weighted by Crippen LogP contribution is -3.00. The maximum absolute atomic E-state index is 11.9. The Bertz CT molecular complexity index is 516. The molecule has 23 heavy (non-hydrogen) atoms. The Morgan fingerprint density at radius 1 is 1.30 bits per heavy atom. The average Bonchev–Trinajstić information content (AvgIpc) is 2.52. The minimum absolute atomic E-state index is 0. The van der Waals surface area contributed by atoms with Crippen molar-refractivity contribution in [2.24, 2.45) is 7.05 Å². The molecule has 0 bridgehead atoms. The summed E-state index contributed by atoms with van der Waals surface area (Å²) in [5.74, 6) is -0.260. The van der Waals surface area contributed by atoms with Gasteiger partial charge in [0.15, 0.2) is 12.4 Å². The van der Waals surface area contributed by atoms with Crippen LogP contribution in [0.4, 0.5) is 0 Å². The van der Waals surface area contributed by atoms with Crippen molar-refractivity contribution in [1.29, 1.82) is 0 Å². The van der Waals surface area contributed by atoms with E-state index < -0.39 is 0 Å². The van der Waals surface area contributed by atoms with Crippen LogP contribution in [0.5, 0.6) is 0 Å². The third kappa shape index (κ3) is 7.28. The van der Waals surface area contributed by atoms with E-state index in [2.05, 4.69) is 5.32 Å². The highest BCUT2D eigenvalue weighted by molar-refractivity contribution is 5.93. The molecule has 0 aliphatic heterocycles. The maximum Gasteiger partial charge on any atom is 0.306 e. The van der Waals surface area contributed by atoms with Gasteiger partial charge >= 0.3 is 5.97 Å². The first-order chi connectivity index (χ1) is 10.6. The number of nitrogens with zero attached hydrogens (tertiary/aromatic N) is 1. The summed E-state index contributed by atoms with van der Waals surface area (Å²) in [7, 11) is 1.87. The summed E-state index contributed by atoms with van der Waals surface area (Å²) in [6.45, 7) is 0.483. The van der Waals surface area contributed by atoms with Crippen molar-refractivity contribution < 1.29 is 42.9 Å². The van der Waals surface area contributed by atoms with E-state index in [1.54, 1.807) is 12.3 Å². The molecule has 1 aliphatic carbocycles. The SMILES string of the molecule is C[n+]1cccc(C(=O)NCCCC(=O)OC2CCCCC2)c1.[I-]. The Balaban J connectivity index is 0.00000264. The molecule has 0 radical (unpaired) electrons. The van der Waals surface area contributed by atoms with E-state index in [0.29, 0.717) is 24.9 Å². The van der Waals surface area contributed by atoms with Crippen LogP contribution in [0.25, 0.3) is 0 Å². The highest BCUT2D eigenvalue weighted by atomic mass is 127. The molecule has 1 amide bonds. The molecule has 0 unspecified atom stereocenters. The van der Waals surface area contributed by atoms with E-state index >= 15 is 0 Å². The fourth-order valence-corrected chi connectivity index (χ4v) is 2.69. The van der Waals surface area contributed by atoms with Gasteiger partial charge in [0.2, 0.25) is 0 Å². The molecule has 1 saturated carbocycles. The van der Waals surface area contributed by atoms with E-state index in [9.17, 15) is 9.59 Å². The number of pyridine rings is 1. The molecule has 0 atom stereocenters. The molecule has 1 fully saturated rings. The molecular formula is C17H25IN2O3. The number of amides is 1. The number of carbonyl (C=O) groups excluding carboxylic acids is 2. The minimum atomic E-state index is -0.146. The normalized spacial score (nSPS) is 14.7. The first-order valence-electron chi connectivity index (χ1n) is 8.08. The van der Waals surface area contributed by atoms with E-state index in [1.165, 1.54) is 6.42 Å². The number of carbonyl (C=O) groups is 2. The predicted octanol–water partition coefficient (Wildman–Crippen LogP) is -1.10. The van der Waals surface area contributed by atoms with Crippen molar-refractivity contribution in [1.82, 2.24) is 5.32 Å². The summed E-state index contributed by atoms with van der Waals surface area (Å²) in [5.41, 5.74) is 0.620. The summed E-state index contributed by atoms with van der Waals surface area (Å²) in [6.07, 6.45) is 10.3. The van der Waals surface area contributed by atoms with Crippen molar-refractivity contribution in [3.8, 4) is 0 Å². The molecule has 2 rings (SSSR count). The van der Waals surface area contributed by atoms with Crippen LogP contribution in [-0.4, -0.2) is 24.5 Å². The van der Waals surface area contributed by atoms with E-state index in [1.807, 2.05) is 23.9 Å². The Hall–Kier alpha value is -1.18. The van der Waals surface area contributed by atoms with E-state index in [-0.39, 0.29) is 42.0 Å². The number of aryl methyl sites for hydroxylation is 1. The summed E-state index contributed by atoms with van der Waals surface area (Å²) in [6, 6.07) is 3.60. The van der Waals surface area contributed by atoms with Gasteiger partial charge in [-0.15, -0.1) is 0 Å². The first kappa shape index (κ1) is 19.9. The van der Waals surface area contributed by atoms with Gasteiger partial charge in [-0.05, 0) is 38.2 Å². The number of rotatable bonds is 6. The van der Waals surface area contributed by atoms with E-state index in [0.717, 1.165) is 25.7 Å². The standard InChI is InChI=1S/C17H24N2O3.HI/c1-19-12-6-7-14(13-19)17(21)18-11-5-10-16(20)22-15-8-3-2-4-9-15;/h6-7,12-13,15H,2-5,8-11H2,1H3;1H. The highest BCUT2D eigenvalue weighted by Gasteiger charge is 2.17. The number of hydrogen-bond donors (Lipinski definition) is 1. The van der Waals surface area contributed by atoms with Gasteiger partial charge in [-0.2, -0.15) is 0 Å². The molecule has 5 nitrogen and oxygen atoms in total. The lowest BCUT2D eigenvalue weighted by molar-refractivity contribution is -0.671. The topological polar surface area (TPSA) is 59.3 Å². The van der Waals surface area contributed by atoms with Crippen molar-refractivity contribution >= 4 is 11.9 Å². The lowest BCUT2D eigenvalue weighted by atomic mass is 9.98. The molecule has 1 aromatic rings. The summed E-state index contributed by atoms with van der Waals surface area (Å²) in [4.78, 5) is 23.7. The van der Waals surface area contributed by atoms with Crippen LogP contribution in [0, 0.1) is 0 Å². The van der Waals surface area contributed by atoms with Gasteiger partial charge in [-0.25, -0.2) is 4.57 Å². The first-order valence-corrected chi connectivity index (χ1v) is 8.08. The molecular weight excluding hydrogens is 407 g/mol. The van der Waals surface area contributed by atoms with Crippen LogP contribution >= 0.6 is 0 Å². The van der Waals surface area contributed by atoms with Gasteiger partial charge in [0.05, 0.1) is 0 Å². The number of aromatic nitrogens is 1. The van der Waals surface area contributed by atoms with Gasteiger partial charge in [0.1, 0.15) is 18.7 Å². The number of hydrogen-bond acceptors (Lipinski definition) is 3. The van der Waals surface area contributed by atoms with Crippen molar-refractivity contribution in [3.63, 3.8) is 0 Å². The summed E-state index contributed by atoms with van der Waals surface area (Å²) >= 11 is 0. The molecule has 1 N–H and O–H groups in total. The zero-order valence-corrected chi connectivity index (χ0v) is 15.8. The van der Waals surface area contributed by atoms with Crippen LogP contribution in [0.3, 0.4) is 0 Å². The Kier molecular flexibility index (Phi) is 9.13. The van der Waals surface area contributed by atoms with Crippen LogP contribution in [0.2, 0.25) is 0 Å². The van der Waals surface area contributed by atoms with Crippen molar-refractivity contribution in [2.75, 3.05) is 6.54 Å². The summed E-state index contributed by atoms with van der Waals surface area (Å²) < 4.78 is 7.27. The Labute approximate surface area is 154 Å². The maximum atomic E-state index is 11.9. The molecule has 1 aromatic heterocycles. The largest absolute Gasteiger partial charge is 1.00 e. The number of nitrogens with one attached hydrogen (secondary N) is 1. The van der Waals surface area contributed by atoms with Crippen LogP contribution in [0.1, 0.15) is 55.3 Å². The monoisotopic (exact) mass is 432 g/mol. The lowest BCUT2D eigenvalue weighted by Gasteiger charge is -2.21. The zero-order chi connectivity index (χ0) is 15.8. The molecule has 1 aliphatic rings. The van der Waals surface area contributed by atoms with Crippen LogP contribution in [-0.2, 0) is 16.6 Å². The molecule has 0 spiro atoms. The quantitative estimate of drug-likeness (QED) is 0.269. The Morgan fingerprint density at radius 3 is 2.74 bits per heavy atom. The number of esters is 1. The van der Waals surface area contributed by atoms with Gasteiger partial charge in [0, 0.05) is 19.0 Å². The predicted molar refractivity (Wildman–Crippen MR) is 82.2 cm³/mol. The smallest absolute Gasteiger partial charge is 0.306 e. The van der Waals surface area contributed by atoms with Gasteiger partial charge < -0.3 is 34.0 Å². The number of ether oxygens (including phenoxy) is 1. The second-order valence-electron chi connectivity index (χ2n) is 5.87.